The van der Waals surface area contributed by atoms with Gasteiger partial charge < -0.3 is 15.4 Å². The van der Waals surface area contributed by atoms with Gasteiger partial charge in [-0.05, 0) is 57.4 Å². The standard InChI is InChI=1S/C16H25FN2O/c1-11(9-14-5-4-8-18-14)19-12(2)13-6-7-16(20-3)15(17)10-13/h6-7,10-12,14,18-19H,4-5,8-9H2,1-3H3. The average molecular weight is 280 g/mol. The Bertz CT molecular complexity index is 432. The molecule has 0 radical (unpaired) electrons. The van der Waals surface area contributed by atoms with Gasteiger partial charge in [0, 0.05) is 18.1 Å². The Morgan fingerprint density at radius 2 is 2.25 bits per heavy atom. The van der Waals surface area contributed by atoms with E-state index in [2.05, 4.69) is 24.5 Å². The molecular weight excluding hydrogens is 255 g/mol. The van der Waals surface area contributed by atoms with E-state index in [0.29, 0.717) is 17.8 Å². The molecule has 20 heavy (non-hydrogen) atoms. The van der Waals surface area contributed by atoms with Crippen LogP contribution in [0.5, 0.6) is 5.75 Å². The molecule has 3 unspecified atom stereocenters. The summed E-state index contributed by atoms with van der Waals surface area (Å²) >= 11 is 0. The van der Waals surface area contributed by atoms with Crippen molar-refractivity contribution in [2.75, 3.05) is 13.7 Å². The Balaban J connectivity index is 1.89. The van der Waals surface area contributed by atoms with Gasteiger partial charge in [0.15, 0.2) is 11.6 Å². The molecule has 0 spiro atoms. The Morgan fingerprint density at radius 1 is 1.45 bits per heavy atom. The van der Waals surface area contributed by atoms with E-state index in [1.165, 1.54) is 20.0 Å². The Kier molecular flexibility index (Phi) is 5.38. The molecule has 3 nitrogen and oxygen atoms in total. The largest absolute Gasteiger partial charge is 0.494 e. The van der Waals surface area contributed by atoms with Crippen LogP contribution in [0.15, 0.2) is 18.2 Å². The zero-order valence-electron chi connectivity index (χ0n) is 12.6. The second-order valence-electron chi connectivity index (χ2n) is 5.71. The lowest BCUT2D eigenvalue weighted by molar-refractivity contribution is 0.383. The van der Waals surface area contributed by atoms with Crippen molar-refractivity contribution in [2.45, 2.75) is 51.2 Å². The number of methoxy groups -OCH3 is 1. The number of hydrogen-bond donors (Lipinski definition) is 2. The quantitative estimate of drug-likeness (QED) is 0.840. The first-order valence-electron chi connectivity index (χ1n) is 7.43. The molecule has 1 aromatic carbocycles. The molecule has 0 saturated carbocycles. The van der Waals surface area contributed by atoms with Gasteiger partial charge in [0.1, 0.15) is 0 Å². The van der Waals surface area contributed by atoms with Crippen LogP contribution in [0.25, 0.3) is 0 Å². The second kappa shape index (κ2) is 7.04. The minimum Gasteiger partial charge on any atom is -0.494 e. The monoisotopic (exact) mass is 280 g/mol. The molecule has 0 aromatic heterocycles. The highest BCUT2D eigenvalue weighted by Gasteiger charge is 2.18. The number of hydrogen-bond acceptors (Lipinski definition) is 3. The van der Waals surface area contributed by atoms with Crippen LogP contribution in [0, 0.1) is 5.82 Å². The summed E-state index contributed by atoms with van der Waals surface area (Å²) in [5, 5.41) is 7.05. The smallest absolute Gasteiger partial charge is 0.165 e. The molecular formula is C16H25FN2O. The number of rotatable bonds is 6. The fourth-order valence-corrected chi connectivity index (χ4v) is 2.93. The molecule has 4 heteroatoms. The van der Waals surface area contributed by atoms with Crippen molar-refractivity contribution in [3.05, 3.63) is 29.6 Å². The average Bonchev–Trinajstić information content (AvgIpc) is 2.91. The van der Waals surface area contributed by atoms with Gasteiger partial charge in [-0.25, -0.2) is 4.39 Å². The third-order valence-corrected chi connectivity index (χ3v) is 4.01. The summed E-state index contributed by atoms with van der Waals surface area (Å²) in [5.74, 6) is -0.00656. The number of nitrogens with one attached hydrogen (secondary N) is 2. The minimum absolute atomic E-state index is 0.131. The molecule has 1 aromatic rings. The van der Waals surface area contributed by atoms with Crippen LogP contribution < -0.4 is 15.4 Å². The van der Waals surface area contributed by atoms with Crippen molar-refractivity contribution in [1.82, 2.24) is 10.6 Å². The molecule has 1 aliphatic rings. The van der Waals surface area contributed by atoms with E-state index in [4.69, 9.17) is 4.74 Å². The first-order valence-corrected chi connectivity index (χ1v) is 7.43. The van der Waals surface area contributed by atoms with Crippen LogP contribution in [-0.4, -0.2) is 25.7 Å². The molecule has 0 bridgehead atoms. The van der Waals surface area contributed by atoms with E-state index >= 15 is 0 Å². The molecule has 3 atom stereocenters. The van der Waals surface area contributed by atoms with Gasteiger partial charge in [0.25, 0.3) is 0 Å². The Labute approximate surface area is 120 Å². The van der Waals surface area contributed by atoms with Crippen LogP contribution in [0.2, 0.25) is 0 Å². The Hall–Kier alpha value is -1.13. The summed E-state index contributed by atoms with van der Waals surface area (Å²) in [6, 6.07) is 6.32. The van der Waals surface area contributed by atoms with Crippen LogP contribution in [-0.2, 0) is 0 Å². The van der Waals surface area contributed by atoms with Gasteiger partial charge in [-0.2, -0.15) is 0 Å². The molecule has 0 amide bonds. The highest BCUT2D eigenvalue weighted by molar-refractivity contribution is 5.30. The lowest BCUT2D eigenvalue weighted by Crippen LogP contribution is -2.35. The fraction of sp³-hybridized carbons (Fsp3) is 0.625. The van der Waals surface area contributed by atoms with Gasteiger partial charge in [-0.3, -0.25) is 0 Å². The molecule has 1 saturated heterocycles. The topological polar surface area (TPSA) is 33.3 Å². The second-order valence-corrected chi connectivity index (χ2v) is 5.71. The van der Waals surface area contributed by atoms with E-state index in [-0.39, 0.29) is 11.9 Å². The lowest BCUT2D eigenvalue weighted by Gasteiger charge is -2.23. The zero-order chi connectivity index (χ0) is 14.5. The maximum absolute atomic E-state index is 13.7. The summed E-state index contributed by atoms with van der Waals surface area (Å²) in [6.45, 7) is 5.40. The number of ether oxygens (including phenoxy) is 1. The first-order chi connectivity index (χ1) is 9.60. The highest BCUT2D eigenvalue weighted by atomic mass is 19.1. The van der Waals surface area contributed by atoms with Gasteiger partial charge in [0.2, 0.25) is 0 Å². The summed E-state index contributed by atoms with van der Waals surface area (Å²) in [4.78, 5) is 0. The molecule has 2 rings (SSSR count). The summed E-state index contributed by atoms with van der Waals surface area (Å²) in [6.07, 6.45) is 3.65. The van der Waals surface area contributed by atoms with Crippen molar-refractivity contribution in [2.24, 2.45) is 0 Å². The third kappa shape index (κ3) is 3.93. The fourth-order valence-electron chi connectivity index (χ4n) is 2.93. The predicted molar refractivity (Wildman–Crippen MR) is 79.6 cm³/mol. The van der Waals surface area contributed by atoms with Crippen molar-refractivity contribution in [3.63, 3.8) is 0 Å². The Morgan fingerprint density at radius 3 is 2.85 bits per heavy atom. The third-order valence-electron chi connectivity index (χ3n) is 4.01. The molecule has 1 aliphatic heterocycles. The minimum atomic E-state index is -0.302. The predicted octanol–water partition coefficient (Wildman–Crippen LogP) is 3.02. The first kappa shape index (κ1) is 15.3. The summed E-state index contributed by atoms with van der Waals surface area (Å²) < 4.78 is 18.7. The van der Waals surface area contributed by atoms with Crippen molar-refractivity contribution in [1.29, 1.82) is 0 Å². The van der Waals surface area contributed by atoms with Crippen LogP contribution in [0.3, 0.4) is 0 Å². The van der Waals surface area contributed by atoms with Crippen LogP contribution in [0.4, 0.5) is 4.39 Å². The highest BCUT2D eigenvalue weighted by Crippen LogP contribution is 2.22. The lowest BCUT2D eigenvalue weighted by atomic mass is 10.0. The zero-order valence-corrected chi connectivity index (χ0v) is 12.6. The van der Waals surface area contributed by atoms with E-state index in [1.807, 2.05) is 6.07 Å². The number of benzene rings is 1. The van der Waals surface area contributed by atoms with Gasteiger partial charge in [0.05, 0.1) is 7.11 Å². The van der Waals surface area contributed by atoms with Crippen molar-refractivity contribution in [3.8, 4) is 5.75 Å². The number of halogens is 1. The van der Waals surface area contributed by atoms with E-state index in [1.54, 1.807) is 12.1 Å². The van der Waals surface area contributed by atoms with Crippen molar-refractivity contribution < 1.29 is 9.13 Å². The van der Waals surface area contributed by atoms with Gasteiger partial charge >= 0.3 is 0 Å². The molecule has 112 valence electrons. The van der Waals surface area contributed by atoms with E-state index in [0.717, 1.165) is 18.5 Å². The summed E-state index contributed by atoms with van der Waals surface area (Å²) in [7, 11) is 1.48. The van der Waals surface area contributed by atoms with Gasteiger partial charge in [-0.15, -0.1) is 0 Å². The molecule has 1 heterocycles. The SMILES string of the molecule is COc1ccc(C(C)NC(C)CC2CCCN2)cc1F. The van der Waals surface area contributed by atoms with E-state index in [9.17, 15) is 4.39 Å². The summed E-state index contributed by atoms with van der Waals surface area (Å²) in [5.41, 5.74) is 0.953. The van der Waals surface area contributed by atoms with Crippen LogP contribution >= 0.6 is 0 Å². The maximum Gasteiger partial charge on any atom is 0.165 e. The van der Waals surface area contributed by atoms with E-state index < -0.39 is 0 Å². The maximum atomic E-state index is 13.7. The van der Waals surface area contributed by atoms with Crippen LogP contribution in [0.1, 0.15) is 44.7 Å². The normalized spacial score (nSPS) is 21.7. The van der Waals surface area contributed by atoms with Gasteiger partial charge in [-0.1, -0.05) is 6.07 Å². The molecule has 0 aliphatic carbocycles. The van der Waals surface area contributed by atoms with Crippen molar-refractivity contribution >= 4 is 0 Å². The molecule has 2 N–H and O–H groups in total. The molecule has 1 fully saturated rings.